The zero-order valence-corrected chi connectivity index (χ0v) is 16.1. The van der Waals surface area contributed by atoms with E-state index < -0.39 is 0 Å². The number of hydrogen-bond acceptors (Lipinski definition) is 5. The third kappa shape index (κ3) is 4.54. The Kier molecular flexibility index (Phi) is 5.62. The number of urea groups is 1. The summed E-state index contributed by atoms with van der Waals surface area (Å²) < 4.78 is 10.9. The third-order valence-electron chi connectivity index (χ3n) is 5.27. The summed E-state index contributed by atoms with van der Waals surface area (Å²) in [5.74, 6) is 1.48. The predicted molar refractivity (Wildman–Crippen MR) is 105 cm³/mol. The van der Waals surface area contributed by atoms with Gasteiger partial charge in [0.15, 0.2) is 11.5 Å². The molecule has 0 spiro atoms. The van der Waals surface area contributed by atoms with Crippen LogP contribution in [0.5, 0.6) is 11.5 Å². The molecule has 0 bridgehead atoms. The highest BCUT2D eigenvalue weighted by Gasteiger charge is 2.23. The van der Waals surface area contributed by atoms with Crippen molar-refractivity contribution in [2.45, 2.75) is 32.0 Å². The first kappa shape index (κ1) is 18.6. The molecule has 1 N–H and O–H groups in total. The third-order valence-corrected chi connectivity index (χ3v) is 5.27. The molecular weight excluding hydrogens is 356 g/mol. The van der Waals surface area contributed by atoms with Crippen LogP contribution in [0.4, 0.5) is 4.79 Å². The number of nitrogens with zero attached hydrogens (tertiary/aromatic N) is 3. The molecule has 2 aliphatic heterocycles. The van der Waals surface area contributed by atoms with Crippen molar-refractivity contribution in [3.63, 3.8) is 0 Å². The standard InChI is InChI=1S/C21H26N4O3/c1-24-10-6-18(7-11-24)23-21(26)25(13-16-4-8-22-9-5-16)14-17-2-3-19-20(12-17)28-15-27-19/h2-5,8-9,12,18H,6-7,10-11,13-15H2,1H3,(H,23,26). The number of fused-ring (bicyclic) bond motifs is 1. The van der Waals surface area contributed by atoms with Gasteiger partial charge in [0.25, 0.3) is 0 Å². The minimum absolute atomic E-state index is 0.0379. The fraction of sp³-hybridized carbons (Fsp3) is 0.429. The van der Waals surface area contributed by atoms with Crippen LogP contribution in [0.25, 0.3) is 0 Å². The van der Waals surface area contributed by atoms with E-state index in [1.165, 1.54) is 0 Å². The number of likely N-dealkylation sites (tertiary alicyclic amines) is 1. The van der Waals surface area contributed by atoms with Crippen molar-refractivity contribution < 1.29 is 14.3 Å². The Labute approximate surface area is 165 Å². The molecule has 2 aromatic rings. The summed E-state index contributed by atoms with van der Waals surface area (Å²) in [5, 5.41) is 3.22. The molecule has 2 amide bonds. The molecule has 1 fully saturated rings. The van der Waals surface area contributed by atoms with Gasteiger partial charge >= 0.3 is 6.03 Å². The van der Waals surface area contributed by atoms with E-state index in [-0.39, 0.29) is 18.9 Å². The van der Waals surface area contributed by atoms with Gasteiger partial charge in [-0.1, -0.05) is 6.07 Å². The van der Waals surface area contributed by atoms with E-state index in [2.05, 4.69) is 22.2 Å². The van der Waals surface area contributed by atoms with Gasteiger partial charge in [0.2, 0.25) is 6.79 Å². The lowest BCUT2D eigenvalue weighted by atomic mass is 10.1. The second kappa shape index (κ2) is 8.48. The van der Waals surface area contributed by atoms with Crippen LogP contribution in [0.2, 0.25) is 0 Å². The lowest BCUT2D eigenvalue weighted by Crippen LogP contribution is -2.48. The molecule has 0 radical (unpaired) electrons. The number of benzene rings is 1. The molecule has 0 saturated carbocycles. The summed E-state index contributed by atoms with van der Waals surface area (Å²) in [5.41, 5.74) is 2.06. The van der Waals surface area contributed by atoms with Gasteiger partial charge in [-0.25, -0.2) is 4.79 Å². The molecule has 28 heavy (non-hydrogen) atoms. The van der Waals surface area contributed by atoms with Gasteiger partial charge in [0, 0.05) is 31.5 Å². The number of ether oxygens (including phenoxy) is 2. The van der Waals surface area contributed by atoms with Crippen molar-refractivity contribution >= 4 is 6.03 Å². The van der Waals surface area contributed by atoms with E-state index in [4.69, 9.17) is 9.47 Å². The summed E-state index contributed by atoms with van der Waals surface area (Å²) in [6.07, 6.45) is 5.47. The van der Waals surface area contributed by atoms with Gasteiger partial charge in [-0.05, 0) is 68.4 Å². The molecule has 1 aromatic carbocycles. The highest BCUT2D eigenvalue weighted by atomic mass is 16.7. The summed E-state index contributed by atoms with van der Waals surface area (Å²) in [6, 6.07) is 9.90. The number of carbonyl (C=O) groups is 1. The van der Waals surface area contributed by atoms with Crippen LogP contribution in [0.3, 0.4) is 0 Å². The van der Waals surface area contributed by atoms with E-state index >= 15 is 0 Å². The van der Waals surface area contributed by atoms with E-state index in [1.807, 2.05) is 35.2 Å². The quantitative estimate of drug-likeness (QED) is 0.861. The van der Waals surface area contributed by atoms with Gasteiger partial charge in [0.1, 0.15) is 0 Å². The van der Waals surface area contributed by atoms with Crippen LogP contribution in [0.15, 0.2) is 42.7 Å². The van der Waals surface area contributed by atoms with E-state index in [9.17, 15) is 4.79 Å². The zero-order chi connectivity index (χ0) is 19.3. The summed E-state index contributed by atoms with van der Waals surface area (Å²) in [4.78, 5) is 21.3. The summed E-state index contributed by atoms with van der Waals surface area (Å²) in [6.45, 7) is 3.29. The Morgan fingerprint density at radius 3 is 2.61 bits per heavy atom. The maximum Gasteiger partial charge on any atom is 0.318 e. The fourth-order valence-corrected chi connectivity index (χ4v) is 3.59. The van der Waals surface area contributed by atoms with E-state index in [0.717, 1.165) is 48.6 Å². The van der Waals surface area contributed by atoms with Crippen LogP contribution in [-0.2, 0) is 13.1 Å². The lowest BCUT2D eigenvalue weighted by Gasteiger charge is -2.32. The molecule has 0 aliphatic carbocycles. The average molecular weight is 382 g/mol. The smallest absolute Gasteiger partial charge is 0.318 e. The maximum absolute atomic E-state index is 13.1. The SMILES string of the molecule is CN1CCC(NC(=O)N(Cc2ccncc2)Cc2ccc3c(c2)OCO3)CC1. The van der Waals surface area contributed by atoms with Gasteiger partial charge in [-0.3, -0.25) is 4.98 Å². The zero-order valence-electron chi connectivity index (χ0n) is 16.1. The fourth-order valence-electron chi connectivity index (χ4n) is 3.59. The first-order valence-electron chi connectivity index (χ1n) is 9.69. The van der Waals surface area contributed by atoms with Crippen molar-refractivity contribution in [2.75, 3.05) is 26.9 Å². The van der Waals surface area contributed by atoms with Crippen molar-refractivity contribution in [2.24, 2.45) is 0 Å². The molecule has 0 atom stereocenters. The van der Waals surface area contributed by atoms with Crippen LogP contribution in [-0.4, -0.2) is 53.8 Å². The van der Waals surface area contributed by atoms with Crippen LogP contribution in [0.1, 0.15) is 24.0 Å². The molecule has 1 saturated heterocycles. The topological polar surface area (TPSA) is 66.9 Å². The number of pyridine rings is 1. The molecule has 3 heterocycles. The molecule has 1 aromatic heterocycles. The molecule has 7 nitrogen and oxygen atoms in total. The Balaban J connectivity index is 1.47. The first-order chi connectivity index (χ1) is 13.7. The van der Waals surface area contributed by atoms with Gasteiger partial charge < -0.3 is 24.6 Å². The van der Waals surface area contributed by atoms with Crippen molar-refractivity contribution in [1.82, 2.24) is 20.1 Å². The summed E-state index contributed by atoms with van der Waals surface area (Å²) in [7, 11) is 2.12. The molecular formula is C21H26N4O3. The monoisotopic (exact) mass is 382 g/mol. The molecule has 0 unspecified atom stereocenters. The van der Waals surface area contributed by atoms with E-state index in [0.29, 0.717) is 13.1 Å². The van der Waals surface area contributed by atoms with Crippen molar-refractivity contribution in [3.05, 3.63) is 53.9 Å². The Morgan fingerprint density at radius 1 is 1.11 bits per heavy atom. The maximum atomic E-state index is 13.1. The highest BCUT2D eigenvalue weighted by Crippen LogP contribution is 2.33. The first-order valence-corrected chi connectivity index (χ1v) is 9.69. The Bertz CT molecular complexity index is 807. The number of carbonyl (C=O) groups excluding carboxylic acids is 1. The normalized spacial score (nSPS) is 16.8. The highest BCUT2D eigenvalue weighted by molar-refractivity contribution is 5.74. The lowest BCUT2D eigenvalue weighted by molar-refractivity contribution is 0.173. The number of hydrogen-bond donors (Lipinski definition) is 1. The number of aromatic nitrogens is 1. The van der Waals surface area contributed by atoms with Crippen LogP contribution < -0.4 is 14.8 Å². The molecule has 2 aliphatic rings. The number of nitrogens with one attached hydrogen (secondary N) is 1. The molecule has 148 valence electrons. The molecule has 7 heteroatoms. The molecule has 4 rings (SSSR count). The van der Waals surface area contributed by atoms with Gasteiger partial charge in [-0.15, -0.1) is 0 Å². The van der Waals surface area contributed by atoms with Crippen molar-refractivity contribution in [1.29, 1.82) is 0 Å². The largest absolute Gasteiger partial charge is 0.454 e. The van der Waals surface area contributed by atoms with Gasteiger partial charge in [0.05, 0.1) is 0 Å². The Morgan fingerprint density at radius 2 is 1.82 bits per heavy atom. The second-order valence-electron chi connectivity index (χ2n) is 7.43. The number of piperidine rings is 1. The van der Waals surface area contributed by atoms with Gasteiger partial charge in [-0.2, -0.15) is 0 Å². The van der Waals surface area contributed by atoms with E-state index in [1.54, 1.807) is 12.4 Å². The average Bonchev–Trinajstić information content (AvgIpc) is 3.18. The summed E-state index contributed by atoms with van der Waals surface area (Å²) >= 11 is 0. The van der Waals surface area contributed by atoms with Crippen LogP contribution in [0, 0.1) is 0 Å². The minimum Gasteiger partial charge on any atom is -0.454 e. The Hall–Kier alpha value is -2.80. The number of rotatable bonds is 5. The predicted octanol–water partition coefficient (Wildman–Crippen LogP) is 2.62. The number of amides is 2. The van der Waals surface area contributed by atoms with Crippen LogP contribution >= 0.6 is 0 Å². The second-order valence-corrected chi connectivity index (χ2v) is 7.43. The van der Waals surface area contributed by atoms with Crippen molar-refractivity contribution in [3.8, 4) is 11.5 Å². The minimum atomic E-state index is -0.0379.